The van der Waals surface area contributed by atoms with E-state index in [0.717, 1.165) is 5.57 Å². The van der Waals surface area contributed by atoms with Crippen LogP contribution in [0.3, 0.4) is 0 Å². The normalized spacial score (nSPS) is 11.3. The number of ether oxygens (including phenoxy) is 1. The number of hydrogen-bond acceptors (Lipinski definition) is 2. The van der Waals surface area contributed by atoms with Gasteiger partial charge in [-0.15, -0.1) is 0 Å². The average molecular weight is 208 g/mol. The fraction of sp³-hybridized carbons (Fsp3) is 0.250. The Balaban J connectivity index is 3.07. The predicted molar refractivity (Wildman–Crippen MR) is 57.3 cm³/mol. The summed E-state index contributed by atoms with van der Waals surface area (Å²) in [5.74, 6) is -0.274. The molecular formula is C12H13FO2. The van der Waals surface area contributed by atoms with Crippen molar-refractivity contribution in [2.45, 2.75) is 13.8 Å². The molecule has 0 aliphatic heterocycles. The highest BCUT2D eigenvalue weighted by atomic mass is 19.1. The van der Waals surface area contributed by atoms with E-state index in [2.05, 4.69) is 0 Å². The lowest BCUT2D eigenvalue weighted by molar-refractivity contribution is -0.112. The summed E-state index contributed by atoms with van der Waals surface area (Å²) in [5, 5.41) is 0. The average Bonchev–Trinajstić information content (AvgIpc) is 2.16. The fourth-order valence-corrected chi connectivity index (χ4v) is 1.30. The number of hydrogen-bond donors (Lipinski definition) is 0. The molecule has 1 aromatic rings. The van der Waals surface area contributed by atoms with Gasteiger partial charge in [-0.1, -0.05) is 6.07 Å². The van der Waals surface area contributed by atoms with Crippen LogP contribution in [0.1, 0.15) is 19.4 Å². The number of ketones is 1. The summed E-state index contributed by atoms with van der Waals surface area (Å²) in [4.78, 5) is 10.8. The molecule has 2 nitrogen and oxygen atoms in total. The molecule has 3 heteroatoms. The smallest absolute Gasteiger partial charge is 0.165 e. The van der Waals surface area contributed by atoms with Gasteiger partial charge in [0.05, 0.1) is 7.11 Å². The van der Waals surface area contributed by atoms with Crippen molar-refractivity contribution in [3.63, 3.8) is 0 Å². The first-order valence-electron chi connectivity index (χ1n) is 4.57. The second kappa shape index (κ2) is 4.73. The van der Waals surface area contributed by atoms with Crippen LogP contribution in [0.25, 0.3) is 5.57 Å². The van der Waals surface area contributed by atoms with Gasteiger partial charge in [0.15, 0.2) is 17.3 Å². The summed E-state index contributed by atoms with van der Waals surface area (Å²) in [7, 11) is 1.41. The maximum absolute atomic E-state index is 13.3. The van der Waals surface area contributed by atoms with Crippen molar-refractivity contribution in [2.24, 2.45) is 0 Å². The minimum atomic E-state index is -0.425. The van der Waals surface area contributed by atoms with E-state index in [1.165, 1.54) is 26.2 Å². The van der Waals surface area contributed by atoms with E-state index in [1.807, 2.05) is 0 Å². The third-order valence-corrected chi connectivity index (χ3v) is 2.03. The van der Waals surface area contributed by atoms with Crippen molar-refractivity contribution in [3.05, 3.63) is 35.7 Å². The minimum absolute atomic E-state index is 0.0521. The van der Waals surface area contributed by atoms with Gasteiger partial charge in [0.1, 0.15) is 0 Å². The lowest BCUT2D eigenvalue weighted by Gasteiger charge is -2.05. The Labute approximate surface area is 88.4 Å². The van der Waals surface area contributed by atoms with Crippen LogP contribution in [0.5, 0.6) is 5.75 Å². The van der Waals surface area contributed by atoms with Gasteiger partial charge in [0, 0.05) is 0 Å². The lowest BCUT2D eigenvalue weighted by Crippen LogP contribution is -1.91. The Kier molecular flexibility index (Phi) is 3.61. The summed E-state index contributed by atoms with van der Waals surface area (Å²) in [6.07, 6.45) is 1.47. The van der Waals surface area contributed by atoms with Gasteiger partial charge < -0.3 is 4.74 Å². The van der Waals surface area contributed by atoms with Crippen LogP contribution in [-0.2, 0) is 4.79 Å². The van der Waals surface area contributed by atoms with Gasteiger partial charge in [-0.25, -0.2) is 4.39 Å². The van der Waals surface area contributed by atoms with Crippen molar-refractivity contribution >= 4 is 11.4 Å². The largest absolute Gasteiger partial charge is 0.494 e. The molecule has 0 atom stereocenters. The summed E-state index contributed by atoms with van der Waals surface area (Å²) in [6, 6.07) is 4.62. The molecule has 0 N–H and O–H groups in total. The van der Waals surface area contributed by atoms with Crippen LogP contribution in [0.2, 0.25) is 0 Å². The van der Waals surface area contributed by atoms with Gasteiger partial charge in [-0.2, -0.15) is 0 Å². The second-order valence-electron chi connectivity index (χ2n) is 3.29. The van der Waals surface area contributed by atoms with Crippen LogP contribution in [0.15, 0.2) is 24.3 Å². The molecule has 0 saturated carbocycles. The van der Waals surface area contributed by atoms with Crippen LogP contribution in [-0.4, -0.2) is 12.9 Å². The topological polar surface area (TPSA) is 26.3 Å². The highest BCUT2D eigenvalue weighted by Gasteiger charge is 2.04. The number of methoxy groups -OCH3 is 1. The highest BCUT2D eigenvalue weighted by Crippen LogP contribution is 2.22. The van der Waals surface area contributed by atoms with Crippen LogP contribution < -0.4 is 4.74 Å². The molecule has 0 fully saturated rings. The summed E-state index contributed by atoms with van der Waals surface area (Å²) in [6.45, 7) is 3.23. The molecule has 0 radical (unpaired) electrons. The lowest BCUT2D eigenvalue weighted by atomic mass is 10.1. The summed E-state index contributed by atoms with van der Waals surface area (Å²) >= 11 is 0. The highest BCUT2D eigenvalue weighted by molar-refractivity contribution is 5.94. The van der Waals surface area contributed by atoms with Crippen LogP contribution in [0.4, 0.5) is 4.39 Å². The summed E-state index contributed by atoms with van der Waals surface area (Å²) in [5.41, 5.74) is 1.42. The number of halogens is 1. The van der Waals surface area contributed by atoms with Crippen molar-refractivity contribution in [2.75, 3.05) is 7.11 Å². The molecule has 80 valence electrons. The Bertz CT molecular complexity index is 408. The zero-order valence-electron chi connectivity index (χ0n) is 9.00. The molecule has 0 spiro atoms. The van der Waals surface area contributed by atoms with E-state index in [4.69, 9.17) is 4.74 Å². The van der Waals surface area contributed by atoms with Crippen LogP contribution in [0, 0.1) is 5.82 Å². The standard InChI is InChI=1S/C12H13FO2/c1-8(6-9(2)14)10-4-5-12(15-3)11(13)7-10/h4-7H,1-3H3/b8-6+. The van der Waals surface area contributed by atoms with E-state index >= 15 is 0 Å². The Hall–Kier alpha value is -1.64. The van der Waals surface area contributed by atoms with Crippen molar-refractivity contribution in [1.29, 1.82) is 0 Å². The number of allylic oxidation sites excluding steroid dienone is 2. The molecule has 0 amide bonds. The van der Waals surface area contributed by atoms with Gasteiger partial charge in [-0.05, 0) is 43.2 Å². The first kappa shape index (κ1) is 11.4. The summed E-state index contributed by atoms with van der Waals surface area (Å²) < 4.78 is 18.1. The first-order valence-corrected chi connectivity index (χ1v) is 4.57. The number of carbonyl (C=O) groups excluding carboxylic acids is 1. The third kappa shape index (κ3) is 2.91. The van der Waals surface area contributed by atoms with Gasteiger partial charge in [0.2, 0.25) is 0 Å². The molecule has 0 aromatic heterocycles. The van der Waals surface area contributed by atoms with Gasteiger partial charge in [0.25, 0.3) is 0 Å². The van der Waals surface area contributed by atoms with Crippen LogP contribution >= 0.6 is 0 Å². The zero-order chi connectivity index (χ0) is 11.4. The fourth-order valence-electron chi connectivity index (χ4n) is 1.30. The molecular weight excluding hydrogens is 195 g/mol. The van der Waals surface area contributed by atoms with E-state index in [9.17, 15) is 9.18 Å². The van der Waals surface area contributed by atoms with E-state index in [1.54, 1.807) is 19.1 Å². The molecule has 1 rings (SSSR count). The Morgan fingerprint density at radius 2 is 2.07 bits per heavy atom. The van der Waals surface area contributed by atoms with Crippen molar-refractivity contribution in [3.8, 4) is 5.75 Å². The van der Waals surface area contributed by atoms with Gasteiger partial charge in [-0.3, -0.25) is 4.79 Å². The van der Waals surface area contributed by atoms with E-state index < -0.39 is 5.82 Å². The quantitative estimate of drug-likeness (QED) is 0.714. The minimum Gasteiger partial charge on any atom is -0.494 e. The van der Waals surface area contributed by atoms with Crippen molar-refractivity contribution in [1.82, 2.24) is 0 Å². The predicted octanol–water partition coefficient (Wildman–Crippen LogP) is 2.83. The Morgan fingerprint density at radius 3 is 2.53 bits per heavy atom. The monoisotopic (exact) mass is 208 g/mol. The van der Waals surface area contributed by atoms with E-state index in [-0.39, 0.29) is 11.5 Å². The first-order chi connectivity index (χ1) is 7.04. The number of benzene rings is 1. The van der Waals surface area contributed by atoms with Crippen molar-refractivity contribution < 1.29 is 13.9 Å². The van der Waals surface area contributed by atoms with Gasteiger partial charge >= 0.3 is 0 Å². The Morgan fingerprint density at radius 1 is 1.40 bits per heavy atom. The molecule has 0 aliphatic carbocycles. The second-order valence-corrected chi connectivity index (χ2v) is 3.29. The maximum Gasteiger partial charge on any atom is 0.165 e. The van der Waals surface area contributed by atoms with E-state index in [0.29, 0.717) is 5.56 Å². The molecule has 1 aromatic carbocycles. The molecule has 15 heavy (non-hydrogen) atoms. The molecule has 0 aliphatic rings. The number of carbonyl (C=O) groups is 1. The molecule has 0 saturated heterocycles. The molecule has 0 bridgehead atoms. The SMILES string of the molecule is COc1ccc(/C(C)=C/C(C)=O)cc1F. The molecule has 0 unspecified atom stereocenters. The third-order valence-electron chi connectivity index (χ3n) is 2.03. The zero-order valence-corrected chi connectivity index (χ0v) is 9.00. The maximum atomic E-state index is 13.3. The number of rotatable bonds is 3. The molecule has 0 heterocycles.